The number of aromatic nitrogens is 4. The normalized spacial score (nSPS) is 14.6. The third kappa shape index (κ3) is 3.51. The maximum atomic E-state index is 13.1. The van der Waals surface area contributed by atoms with Crippen LogP contribution in [0, 0.1) is 12.7 Å². The average Bonchev–Trinajstić information content (AvgIpc) is 3.15. The van der Waals surface area contributed by atoms with Gasteiger partial charge in [0.05, 0.1) is 11.1 Å². The number of rotatable bonds is 3. The van der Waals surface area contributed by atoms with Crippen LogP contribution in [0.4, 0.5) is 16.0 Å². The van der Waals surface area contributed by atoms with E-state index in [2.05, 4.69) is 43.0 Å². The molecule has 0 bridgehead atoms. The fourth-order valence-electron chi connectivity index (χ4n) is 3.63. The zero-order chi connectivity index (χ0) is 19.8. The van der Waals surface area contributed by atoms with Crippen molar-refractivity contribution in [1.82, 2.24) is 20.2 Å². The molecule has 4 heterocycles. The Kier molecular flexibility index (Phi) is 4.55. The summed E-state index contributed by atoms with van der Waals surface area (Å²) < 4.78 is 13.1. The highest BCUT2D eigenvalue weighted by Crippen LogP contribution is 2.30. The summed E-state index contributed by atoms with van der Waals surface area (Å²) in [7, 11) is 0. The summed E-state index contributed by atoms with van der Waals surface area (Å²) in [6, 6.07) is 12.4. The molecule has 0 aliphatic carbocycles. The summed E-state index contributed by atoms with van der Waals surface area (Å²) in [4.78, 5) is 15.8. The summed E-state index contributed by atoms with van der Waals surface area (Å²) in [6.45, 7) is 5.52. The molecule has 8 heteroatoms. The lowest BCUT2D eigenvalue weighted by atomic mass is 10.1. The number of fused-ring (bicyclic) bond motifs is 1. The lowest BCUT2D eigenvalue weighted by Crippen LogP contribution is -2.47. The maximum Gasteiger partial charge on any atom is 0.151 e. The molecule has 4 aromatic rings. The molecule has 0 radical (unpaired) electrons. The molecule has 0 amide bonds. The first kappa shape index (κ1) is 17.9. The largest absolute Gasteiger partial charge is 0.352 e. The van der Waals surface area contributed by atoms with Crippen LogP contribution < -0.4 is 9.80 Å². The molecule has 1 aliphatic heterocycles. The Bertz CT molecular complexity index is 1130. The van der Waals surface area contributed by atoms with Gasteiger partial charge >= 0.3 is 0 Å². The van der Waals surface area contributed by atoms with Crippen molar-refractivity contribution in [3.8, 4) is 11.3 Å². The number of nitrogens with zero attached hydrogens (tertiary/aromatic N) is 6. The quantitative estimate of drug-likeness (QED) is 0.514. The van der Waals surface area contributed by atoms with Crippen LogP contribution in [0.1, 0.15) is 4.88 Å². The zero-order valence-electron chi connectivity index (χ0n) is 15.9. The fraction of sp³-hybridized carbons (Fsp3) is 0.238. The number of thiophene rings is 1. The Balaban J connectivity index is 1.29. The van der Waals surface area contributed by atoms with Crippen LogP contribution in [0.3, 0.4) is 0 Å². The van der Waals surface area contributed by atoms with Gasteiger partial charge in [0.25, 0.3) is 0 Å². The lowest BCUT2D eigenvalue weighted by molar-refractivity contribution is 0.628. The minimum absolute atomic E-state index is 0.255. The van der Waals surface area contributed by atoms with Crippen LogP contribution in [0.15, 0.2) is 48.8 Å². The van der Waals surface area contributed by atoms with E-state index in [1.165, 1.54) is 17.0 Å². The van der Waals surface area contributed by atoms with E-state index < -0.39 is 0 Å². The fourth-order valence-corrected chi connectivity index (χ4v) is 4.47. The van der Waals surface area contributed by atoms with Gasteiger partial charge in [-0.3, -0.25) is 0 Å². The van der Waals surface area contributed by atoms with E-state index >= 15 is 0 Å². The Hall–Kier alpha value is -3.13. The van der Waals surface area contributed by atoms with Crippen molar-refractivity contribution in [1.29, 1.82) is 0 Å². The van der Waals surface area contributed by atoms with Gasteiger partial charge in [0.2, 0.25) is 0 Å². The van der Waals surface area contributed by atoms with E-state index in [1.54, 1.807) is 29.8 Å². The van der Waals surface area contributed by atoms with Crippen LogP contribution in [0.2, 0.25) is 0 Å². The molecule has 0 spiro atoms. The second-order valence-corrected chi connectivity index (χ2v) is 8.27. The SMILES string of the molecule is Cc1cc2c(N3CCN(c4ccc(-c5ccc(F)cc5)nn4)CC3)ncnc2s1. The minimum Gasteiger partial charge on any atom is -0.352 e. The molecular weight excluding hydrogens is 387 g/mol. The smallest absolute Gasteiger partial charge is 0.151 e. The topological polar surface area (TPSA) is 58.0 Å². The number of hydrogen-bond acceptors (Lipinski definition) is 7. The van der Waals surface area contributed by atoms with Crippen LogP contribution in [-0.4, -0.2) is 46.3 Å². The van der Waals surface area contributed by atoms with Crippen molar-refractivity contribution in [2.45, 2.75) is 6.92 Å². The van der Waals surface area contributed by atoms with Gasteiger partial charge in [-0.05, 0) is 49.4 Å². The van der Waals surface area contributed by atoms with Crippen molar-refractivity contribution in [2.24, 2.45) is 0 Å². The Morgan fingerprint density at radius 3 is 2.38 bits per heavy atom. The standard InChI is InChI=1S/C21H19FN6S/c1-14-12-17-20(23-13-24-21(17)29-14)28-10-8-27(9-11-28)19-7-6-18(25-26-19)15-2-4-16(22)5-3-15/h2-7,12-13H,8-11H2,1H3. The highest BCUT2D eigenvalue weighted by molar-refractivity contribution is 7.18. The van der Waals surface area contributed by atoms with Crippen molar-refractivity contribution >= 4 is 33.2 Å². The molecule has 1 aliphatic rings. The van der Waals surface area contributed by atoms with Gasteiger partial charge in [-0.2, -0.15) is 0 Å². The van der Waals surface area contributed by atoms with Crippen LogP contribution in [0.25, 0.3) is 21.5 Å². The van der Waals surface area contributed by atoms with Crippen molar-refractivity contribution in [3.05, 3.63) is 59.5 Å². The van der Waals surface area contributed by atoms with Gasteiger partial charge in [0.15, 0.2) is 5.82 Å². The summed E-state index contributed by atoms with van der Waals surface area (Å²) in [6.07, 6.45) is 1.65. The van der Waals surface area contributed by atoms with Crippen molar-refractivity contribution < 1.29 is 4.39 Å². The first-order valence-corrected chi connectivity index (χ1v) is 10.3. The molecule has 6 nitrogen and oxygen atoms in total. The average molecular weight is 406 g/mol. The third-order valence-electron chi connectivity index (χ3n) is 5.13. The van der Waals surface area contributed by atoms with Gasteiger partial charge in [0, 0.05) is 36.6 Å². The number of halogens is 1. The first-order valence-electron chi connectivity index (χ1n) is 9.48. The van der Waals surface area contributed by atoms with Crippen LogP contribution in [-0.2, 0) is 0 Å². The summed E-state index contributed by atoms with van der Waals surface area (Å²) in [5, 5.41) is 9.85. The van der Waals surface area contributed by atoms with Crippen LogP contribution in [0.5, 0.6) is 0 Å². The Labute approximate surface area is 171 Å². The third-order valence-corrected chi connectivity index (χ3v) is 6.08. The van der Waals surface area contributed by atoms with Gasteiger partial charge < -0.3 is 9.80 Å². The Morgan fingerprint density at radius 2 is 1.66 bits per heavy atom. The number of aryl methyl sites for hydroxylation is 1. The Morgan fingerprint density at radius 1 is 0.897 bits per heavy atom. The van der Waals surface area contributed by atoms with Gasteiger partial charge in [0.1, 0.15) is 22.8 Å². The molecular formula is C21H19FN6S. The van der Waals surface area contributed by atoms with E-state index in [1.807, 2.05) is 12.1 Å². The highest BCUT2D eigenvalue weighted by Gasteiger charge is 2.21. The molecule has 5 rings (SSSR count). The lowest BCUT2D eigenvalue weighted by Gasteiger charge is -2.36. The molecule has 3 aromatic heterocycles. The van der Waals surface area contributed by atoms with Crippen LogP contribution >= 0.6 is 11.3 Å². The molecule has 1 fully saturated rings. The molecule has 146 valence electrons. The van der Waals surface area contributed by atoms with Gasteiger partial charge in [-0.15, -0.1) is 21.5 Å². The summed E-state index contributed by atoms with van der Waals surface area (Å²) in [5.74, 6) is 1.61. The molecule has 1 saturated heterocycles. The molecule has 0 atom stereocenters. The van der Waals surface area contributed by atoms with Gasteiger partial charge in [-0.1, -0.05) is 0 Å². The monoisotopic (exact) mass is 406 g/mol. The second kappa shape index (κ2) is 7.36. The van der Waals surface area contributed by atoms with Crippen molar-refractivity contribution in [3.63, 3.8) is 0 Å². The molecule has 0 unspecified atom stereocenters. The zero-order valence-corrected chi connectivity index (χ0v) is 16.7. The summed E-state index contributed by atoms with van der Waals surface area (Å²) in [5.41, 5.74) is 1.60. The minimum atomic E-state index is -0.255. The second-order valence-electron chi connectivity index (χ2n) is 7.03. The molecule has 29 heavy (non-hydrogen) atoms. The van der Waals surface area contributed by atoms with E-state index in [-0.39, 0.29) is 5.82 Å². The predicted molar refractivity (Wildman–Crippen MR) is 114 cm³/mol. The van der Waals surface area contributed by atoms with E-state index in [0.29, 0.717) is 0 Å². The number of piperazine rings is 1. The number of benzene rings is 1. The summed E-state index contributed by atoms with van der Waals surface area (Å²) >= 11 is 1.70. The highest BCUT2D eigenvalue weighted by atomic mass is 32.1. The molecule has 0 N–H and O–H groups in total. The first-order chi connectivity index (χ1) is 14.2. The molecule has 0 saturated carbocycles. The molecule has 1 aromatic carbocycles. The number of hydrogen-bond donors (Lipinski definition) is 0. The van der Waals surface area contributed by atoms with E-state index in [0.717, 1.165) is 59.3 Å². The van der Waals surface area contributed by atoms with Crippen molar-refractivity contribution in [2.75, 3.05) is 36.0 Å². The maximum absolute atomic E-state index is 13.1. The number of anilines is 2. The predicted octanol–water partition coefficient (Wildman–Crippen LogP) is 3.92. The van der Waals surface area contributed by atoms with E-state index in [9.17, 15) is 4.39 Å². The van der Waals surface area contributed by atoms with Gasteiger partial charge in [-0.25, -0.2) is 14.4 Å². The van der Waals surface area contributed by atoms with E-state index in [4.69, 9.17) is 0 Å².